The fraction of sp³-hybridized carbons (Fsp3) is 0.381. The zero-order valence-electron chi connectivity index (χ0n) is 16.9. The van der Waals surface area contributed by atoms with Gasteiger partial charge in [-0.25, -0.2) is 14.8 Å². The summed E-state index contributed by atoms with van der Waals surface area (Å²) in [5, 5.41) is 2.55. The van der Waals surface area contributed by atoms with Crippen LogP contribution in [0.5, 0.6) is 0 Å². The van der Waals surface area contributed by atoms with E-state index >= 15 is 0 Å². The zero-order valence-corrected chi connectivity index (χ0v) is 16.9. The summed E-state index contributed by atoms with van der Waals surface area (Å²) in [4.78, 5) is 49.2. The van der Waals surface area contributed by atoms with Crippen LogP contribution >= 0.6 is 0 Å². The third-order valence-electron chi connectivity index (χ3n) is 4.72. The van der Waals surface area contributed by atoms with Crippen molar-refractivity contribution in [1.29, 1.82) is 0 Å². The molecule has 1 aromatic carbocycles. The summed E-state index contributed by atoms with van der Waals surface area (Å²) in [6.07, 6.45) is 5.00. The number of amides is 2. The van der Waals surface area contributed by atoms with Gasteiger partial charge in [0.05, 0.1) is 17.9 Å². The number of piperazine rings is 1. The number of benzene rings is 1. The van der Waals surface area contributed by atoms with Gasteiger partial charge in [0.1, 0.15) is 0 Å². The highest BCUT2D eigenvalue weighted by atomic mass is 16.5. The molecule has 3 rings (SSSR count). The number of aromatic nitrogens is 2. The summed E-state index contributed by atoms with van der Waals surface area (Å²) in [5.74, 6) is -1.35. The van der Waals surface area contributed by atoms with Crippen molar-refractivity contribution < 1.29 is 19.1 Å². The lowest BCUT2D eigenvalue weighted by Gasteiger charge is -2.34. The summed E-state index contributed by atoms with van der Waals surface area (Å²) < 4.78 is 5.22. The first-order valence-corrected chi connectivity index (χ1v) is 9.98. The lowest BCUT2D eigenvalue weighted by molar-refractivity contribution is -0.143. The molecule has 1 aliphatic rings. The van der Waals surface area contributed by atoms with Crippen LogP contribution in [0.2, 0.25) is 0 Å². The van der Waals surface area contributed by atoms with Gasteiger partial charge in [0.2, 0.25) is 5.95 Å². The van der Waals surface area contributed by atoms with E-state index in [1.165, 1.54) is 4.90 Å². The van der Waals surface area contributed by atoms with E-state index in [4.69, 9.17) is 4.74 Å². The van der Waals surface area contributed by atoms with Crippen molar-refractivity contribution in [2.45, 2.75) is 19.8 Å². The Balaban J connectivity index is 1.57. The Morgan fingerprint density at radius 2 is 1.73 bits per heavy atom. The van der Waals surface area contributed by atoms with E-state index in [2.05, 4.69) is 15.3 Å². The molecule has 1 aromatic heterocycles. The smallest absolute Gasteiger partial charge is 0.340 e. The molecular weight excluding hydrogens is 386 g/mol. The average Bonchev–Trinajstić information content (AvgIpc) is 2.79. The second-order valence-electron chi connectivity index (χ2n) is 6.82. The number of para-hydroxylation sites is 1. The maximum absolute atomic E-state index is 12.6. The Morgan fingerprint density at radius 3 is 2.43 bits per heavy atom. The summed E-state index contributed by atoms with van der Waals surface area (Å²) in [6.45, 7) is 4.13. The first kappa shape index (κ1) is 21.2. The SMILES string of the molecule is CCCCOC(=O)c1ccccc1NC(=O)C(=O)N1CCN(c2ncccn2)CC1. The van der Waals surface area contributed by atoms with Gasteiger partial charge in [-0.2, -0.15) is 0 Å². The molecule has 0 aliphatic carbocycles. The van der Waals surface area contributed by atoms with Crippen LogP contribution in [-0.4, -0.2) is 65.4 Å². The molecule has 0 bridgehead atoms. The number of ether oxygens (including phenoxy) is 1. The standard InChI is InChI=1S/C21H25N5O4/c1-2-3-15-30-20(29)16-7-4-5-8-17(16)24-18(27)19(28)25-11-13-26(14-12-25)21-22-9-6-10-23-21/h4-10H,2-3,11-15H2,1H3,(H,24,27). The number of nitrogens with one attached hydrogen (secondary N) is 1. The van der Waals surface area contributed by atoms with Crippen LogP contribution in [0.25, 0.3) is 0 Å². The lowest BCUT2D eigenvalue weighted by atomic mass is 10.1. The Labute approximate surface area is 175 Å². The number of anilines is 2. The van der Waals surface area contributed by atoms with Crippen LogP contribution in [0.4, 0.5) is 11.6 Å². The van der Waals surface area contributed by atoms with Crippen LogP contribution in [0, 0.1) is 0 Å². The Morgan fingerprint density at radius 1 is 1.03 bits per heavy atom. The normalized spacial score (nSPS) is 13.6. The largest absolute Gasteiger partial charge is 0.462 e. The van der Waals surface area contributed by atoms with E-state index in [0.717, 1.165) is 12.8 Å². The van der Waals surface area contributed by atoms with Crippen molar-refractivity contribution in [1.82, 2.24) is 14.9 Å². The molecule has 2 amide bonds. The molecule has 2 heterocycles. The predicted octanol–water partition coefficient (Wildman–Crippen LogP) is 1.72. The fourth-order valence-corrected chi connectivity index (χ4v) is 3.04. The summed E-state index contributed by atoms with van der Waals surface area (Å²) in [6, 6.07) is 8.24. The molecule has 0 radical (unpaired) electrons. The van der Waals surface area contributed by atoms with E-state index < -0.39 is 17.8 Å². The van der Waals surface area contributed by atoms with Crippen LogP contribution in [0.15, 0.2) is 42.7 Å². The van der Waals surface area contributed by atoms with E-state index in [1.54, 1.807) is 42.7 Å². The molecule has 158 valence electrons. The number of carbonyl (C=O) groups is 3. The maximum Gasteiger partial charge on any atom is 0.340 e. The van der Waals surface area contributed by atoms with Gasteiger partial charge in [0.25, 0.3) is 0 Å². The molecule has 1 saturated heterocycles. The van der Waals surface area contributed by atoms with E-state index in [0.29, 0.717) is 38.7 Å². The molecule has 9 nitrogen and oxygen atoms in total. The Bertz CT molecular complexity index is 882. The number of unbranched alkanes of at least 4 members (excludes halogenated alkanes) is 1. The highest BCUT2D eigenvalue weighted by Crippen LogP contribution is 2.17. The minimum Gasteiger partial charge on any atom is -0.462 e. The van der Waals surface area contributed by atoms with Gasteiger partial charge >= 0.3 is 17.8 Å². The second-order valence-corrected chi connectivity index (χ2v) is 6.82. The molecular formula is C21H25N5O4. The summed E-state index contributed by atoms with van der Waals surface area (Å²) in [7, 11) is 0. The van der Waals surface area contributed by atoms with Gasteiger partial charge in [-0.1, -0.05) is 25.5 Å². The van der Waals surface area contributed by atoms with Gasteiger partial charge < -0.3 is 19.9 Å². The number of esters is 1. The molecule has 9 heteroatoms. The lowest BCUT2D eigenvalue weighted by Crippen LogP contribution is -2.52. The van der Waals surface area contributed by atoms with Crippen molar-refractivity contribution >= 4 is 29.4 Å². The quantitative estimate of drug-likeness (QED) is 0.438. The van der Waals surface area contributed by atoms with Crippen LogP contribution in [-0.2, 0) is 14.3 Å². The number of carbonyl (C=O) groups excluding carboxylic acids is 3. The fourth-order valence-electron chi connectivity index (χ4n) is 3.04. The van der Waals surface area contributed by atoms with Crippen LogP contribution in [0.1, 0.15) is 30.1 Å². The predicted molar refractivity (Wildman–Crippen MR) is 111 cm³/mol. The molecule has 0 unspecified atom stereocenters. The third kappa shape index (κ3) is 5.31. The van der Waals surface area contributed by atoms with Crippen LogP contribution < -0.4 is 10.2 Å². The summed E-state index contributed by atoms with van der Waals surface area (Å²) >= 11 is 0. The highest BCUT2D eigenvalue weighted by molar-refractivity contribution is 6.39. The van der Waals surface area contributed by atoms with Gasteiger partial charge in [-0.15, -0.1) is 0 Å². The van der Waals surface area contributed by atoms with E-state index in [9.17, 15) is 14.4 Å². The molecule has 1 aliphatic heterocycles. The van der Waals surface area contributed by atoms with Crippen LogP contribution in [0.3, 0.4) is 0 Å². The molecule has 2 aromatic rings. The molecule has 0 saturated carbocycles. The average molecular weight is 411 g/mol. The van der Waals surface area contributed by atoms with E-state index in [1.807, 2.05) is 11.8 Å². The molecule has 1 N–H and O–H groups in total. The second kappa shape index (κ2) is 10.3. The maximum atomic E-state index is 12.6. The summed E-state index contributed by atoms with van der Waals surface area (Å²) in [5.41, 5.74) is 0.481. The van der Waals surface area contributed by atoms with Gasteiger partial charge in [0, 0.05) is 38.6 Å². The topological polar surface area (TPSA) is 105 Å². The molecule has 30 heavy (non-hydrogen) atoms. The minimum atomic E-state index is -0.784. The first-order valence-electron chi connectivity index (χ1n) is 9.98. The Kier molecular flexibility index (Phi) is 7.31. The molecule has 0 spiro atoms. The van der Waals surface area contributed by atoms with Gasteiger partial charge in [-0.05, 0) is 24.6 Å². The van der Waals surface area contributed by atoms with Crippen molar-refractivity contribution in [2.75, 3.05) is 43.0 Å². The monoisotopic (exact) mass is 411 g/mol. The number of hydrogen-bond acceptors (Lipinski definition) is 7. The molecule has 1 fully saturated rings. The Hall–Kier alpha value is -3.49. The number of hydrogen-bond donors (Lipinski definition) is 1. The van der Waals surface area contributed by atoms with Crippen molar-refractivity contribution in [2.24, 2.45) is 0 Å². The van der Waals surface area contributed by atoms with E-state index in [-0.39, 0.29) is 11.3 Å². The highest BCUT2D eigenvalue weighted by Gasteiger charge is 2.27. The minimum absolute atomic E-state index is 0.223. The number of rotatable bonds is 6. The molecule has 0 atom stereocenters. The first-order chi connectivity index (χ1) is 14.6. The van der Waals surface area contributed by atoms with Crippen molar-refractivity contribution in [3.8, 4) is 0 Å². The third-order valence-corrected chi connectivity index (χ3v) is 4.72. The number of nitrogens with zero attached hydrogens (tertiary/aromatic N) is 4. The van der Waals surface area contributed by atoms with Crippen molar-refractivity contribution in [3.63, 3.8) is 0 Å². The van der Waals surface area contributed by atoms with Gasteiger partial charge in [-0.3, -0.25) is 9.59 Å². The zero-order chi connectivity index (χ0) is 21.3. The van der Waals surface area contributed by atoms with Gasteiger partial charge in [0.15, 0.2) is 0 Å². The van der Waals surface area contributed by atoms with Crippen molar-refractivity contribution in [3.05, 3.63) is 48.3 Å².